The fourth-order valence-electron chi connectivity index (χ4n) is 2.63. The van der Waals surface area contributed by atoms with Gasteiger partial charge in [0.25, 0.3) is 5.91 Å². The van der Waals surface area contributed by atoms with Crippen molar-refractivity contribution in [1.82, 2.24) is 4.90 Å². The second kappa shape index (κ2) is 7.34. The van der Waals surface area contributed by atoms with E-state index in [0.717, 1.165) is 43.8 Å². The number of nitrogens with zero attached hydrogens (tertiary/aromatic N) is 1. The molecule has 0 aromatic heterocycles. The van der Waals surface area contributed by atoms with Crippen molar-refractivity contribution >= 4 is 29.3 Å². The van der Waals surface area contributed by atoms with E-state index >= 15 is 0 Å². The van der Waals surface area contributed by atoms with Crippen LogP contribution in [-0.2, 0) is 0 Å². The molecule has 0 aliphatic carbocycles. The molecule has 0 saturated carbocycles. The predicted molar refractivity (Wildman–Crippen MR) is 85.5 cm³/mol. The Balaban J connectivity index is 2.05. The molecule has 110 valence electrons. The molecule has 0 atom stereocenters. The molecule has 1 fully saturated rings. The fraction of sp³-hybridized carbons (Fsp3) is 0.533. The summed E-state index contributed by atoms with van der Waals surface area (Å²) in [5.41, 5.74) is 6.22. The molecule has 5 heteroatoms. The van der Waals surface area contributed by atoms with Crippen LogP contribution in [0.5, 0.6) is 0 Å². The molecule has 2 rings (SSSR count). The molecule has 1 saturated heterocycles. The molecule has 20 heavy (non-hydrogen) atoms. The molecule has 1 aromatic carbocycles. The highest BCUT2D eigenvalue weighted by Gasteiger charge is 2.24. The molecule has 3 nitrogen and oxygen atoms in total. The smallest absolute Gasteiger partial charge is 0.255 e. The zero-order valence-electron chi connectivity index (χ0n) is 11.8. The van der Waals surface area contributed by atoms with Gasteiger partial charge < -0.3 is 10.6 Å². The average molecular weight is 313 g/mol. The van der Waals surface area contributed by atoms with E-state index in [1.165, 1.54) is 0 Å². The summed E-state index contributed by atoms with van der Waals surface area (Å²) in [4.78, 5) is 15.5. The molecular weight excluding hydrogens is 292 g/mol. The topological polar surface area (TPSA) is 46.3 Å². The summed E-state index contributed by atoms with van der Waals surface area (Å²) >= 11 is 7.79. The van der Waals surface area contributed by atoms with Gasteiger partial charge in [-0.3, -0.25) is 4.79 Å². The first-order valence-corrected chi connectivity index (χ1v) is 8.59. The van der Waals surface area contributed by atoms with E-state index in [1.807, 2.05) is 29.4 Å². The monoisotopic (exact) mass is 312 g/mol. The molecule has 1 aliphatic rings. The van der Waals surface area contributed by atoms with Gasteiger partial charge in [-0.05, 0) is 56.2 Å². The van der Waals surface area contributed by atoms with Crippen molar-refractivity contribution in [3.8, 4) is 0 Å². The SMILES string of the molecule is CSc1ccc(Cl)c(C(=O)N2CCC(CCN)CC2)c1. The maximum absolute atomic E-state index is 12.6. The summed E-state index contributed by atoms with van der Waals surface area (Å²) in [6, 6.07) is 5.64. The van der Waals surface area contributed by atoms with Crippen LogP contribution < -0.4 is 5.73 Å². The number of nitrogens with two attached hydrogens (primary N) is 1. The van der Waals surface area contributed by atoms with Gasteiger partial charge in [-0.25, -0.2) is 0 Å². The number of thioether (sulfide) groups is 1. The van der Waals surface area contributed by atoms with Crippen LogP contribution in [0.2, 0.25) is 5.02 Å². The Bertz CT molecular complexity index is 473. The Morgan fingerprint density at radius 1 is 1.45 bits per heavy atom. The van der Waals surface area contributed by atoms with Gasteiger partial charge >= 0.3 is 0 Å². The maximum Gasteiger partial charge on any atom is 0.255 e. The number of hydrogen-bond acceptors (Lipinski definition) is 3. The Morgan fingerprint density at radius 2 is 2.15 bits per heavy atom. The number of carbonyl (C=O) groups is 1. The second-order valence-electron chi connectivity index (χ2n) is 5.16. The van der Waals surface area contributed by atoms with Crippen molar-refractivity contribution in [3.63, 3.8) is 0 Å². The third-order valence-corrected chi connectivity index (χ3v) is 4.94. The Hall–Kier alpha value is -0.710. The highest BCUT2D eigenvalue weighted by atomic mass is 35.5. The zero-order chi connectivity index (χ0) is 14.5. The van der Waals surface area contributed by atoms with Gasteiger partial charge in [-0.1, -0.05) is 11.6 Å². The number of carbonyl (C=O) groups excluding carboxylic acids is 1. The number of rotatable bonds is 4. The zero-order valence-corrected chi connectivity index (χ0v) is 13.3. The van der Waals surface area contributed by atoms with Crippen LogP contribution in [0.4, 0.5) is 0 Å². The summed E-state index contributed by atoms with van der Waals surface area (Å²) in [5.74, 6) is 0.717. The van der Waals surface area contributed by atoms with E-state index in [2.05, 4.69) is 0 Å². The van der Waals surface area contributed by atoms with Crippen molar-refractivity contribution in [2.75, 3.05) is 25.9 Å². The molecule has 1 aliphatic heterocycles. The quantitative estimate of drug-likeness (QED) is 0.868. The minimum Gasteiger partial charge on any atom is -0.339 e. The lowest BCUT2D eigenvalue weighted by Crippen LogP contribution is -2.39. The van der Waals surface area contributed by atoms with Crippen molar-refractivity contribution in [3.05, 3.63) is 28.8 Å². The van der Waals surface area contributed by atoms with E-state index < -0.39 is 0 Å². The Labute approximate surface area is 129 Å². The van der Waals surface area contributed by atoms with Crippen LogP contribution in [0.3, 0.4) is 0 Å². The summed E-state index contributed by atoms with van der Waals surface area (Å²) in [7, 11) is 0. The number of hydrogen-bond donors (Lipinski definition) is 1. The minimum atomic E-state index is 0.0529. The minimum absolute atomic E-state index is 0.0529. The van der Waals surface area contributed by atoms with Crippen molar-refractivity contribution < 1.29 is 4.79 Å². The van der Waals surface area contributed by atoms with Gasteiger partial charge in [0.15, 0.2) is 0 Å². The van der Waals surface area contributed by atoms with E-state index in [4.69, 9.17) is 17.3 Å². The lowest BCUT2D eigenvalue weighted by molar-refractivity contribution is 0.0688. The summed E-state index contributed by atoms with van der Waals surface area (Å²) in [6.45, 7) is 2.35. The summed E-state index contributed by atoms with van der Waals surface area (Å²) in [5, 5.41) is 0.539. The predicted octanol–water partition coefficient (Wildman–Crippen LogP) is 3.26. The molecule has 0 radical (unpaired) electrons. The number of benzene rings is 1. The van der Waals surface area contributed by atoms with E-state index in [0.29, 0.717) is 16.5 Å². The van der Waals surface area contributed by atoms with Crippen LogP contribution in [0.25, 0.3) is 0 Å². The molecule has 2 N–H and O–H groups in total. The third-order valence-electron chi connectivity index (χ3n) is 3.88. The van der Waals surface area contributed by atoms with Crippen LogP contribution in [0.1, 0.15) is 29.6 Å². The molecule has 0 bridgehead atoms. The molecule has 1 amide bonds. The Morgan fingerprint density at radius 3 is 2.75 bits per heavy atom. The maximum atomic E-state index is 12.6. The van der Waals surface area contributed by atoms with Crippen molar-refractivity contribution in [2.45, 2.75) is 24.2 Å². The van der Waals surface area contributed by atoms with Gasteiger partial charge in [0, 0.05) is 18.0 Å². The van der Waals surface area contributed by atoms with E-state index in [9.17, 15) is 4.79 Å². The third kappa shape index (κ3) is 3.68. The van der Waals surface area contributed by atoms with Gasteiger partial charge in [-0.15, -0.1) is 11.8 Å². The standard InChI is InChI=1S/C15H21ClN2OS/c1-20-12-2-3-14(16)13(10-12)15(19)18-8-5-11(4-7-17)6-9-18/h2-3,10-11H,4-9,17H2,1H3. The number of halogens is 1. The average Bonchev–Trinajstić information content (AvgIpc) is 2.48. The molecule has 1 heterocycles. The Kier molecular flexibility index (Phi) is 5.75. The summed E-state index contributed by atoms with van der Waals surface area (Å²) < 4.78 is 0. The fourth-order valence-corrected chi connectivity index (χ4v) is 3.26. The molecular formula is C15H21ClN2OS. The van der Waals surface area contributed by atoms with Crippen LogP contribution in [0.15, 0.2) is 23.1 Å². The lowest BCUT2D eigenvalue weighted by atomic mass is 9.93. The number of piperidine rings is 1. The molecule has 0 spiro atoms. The first kappa shape index (κ1) is 15.7. The largest absolute Gasteiger partial charge is 0.339 e. The van der Waals surface area contributed by atoms with E-state index in [1.54, 1.807) is 11.8 Å². The first-order valence-electron chi connectivity index (χ1n) is 6.98. The van der Waals surface area contributed by atoms with Crippen LogP contribution in [-0.4, -0.2) is 36.7 Å². The highest BCUT2D eigenvalue weighted by molar-refractivity contribution is 7.98. The molecule has 1 aromatic rings. The molecule has 0 unspecified atom stereocenters. The van der Waals surface area contributed by atoms with Gasteiger partial charge in [0.1, 0.15) is 0 Å². The highest BCUT2D eigenvalue weighted by Crippen LogP contribution is 2.26. The normalized spacial score (nSPS) is 16.4. The second-order valence-corrected chi connectivity index (χ2v) is 6.45. The first-order chi connectivity index (χ1) is 9.65. The number of likely N-dealkylation sites (tertiary alicyclic amines) is 1. The van der Waals surface area contributed by atoms with Gasteiger partial charge in [0.05, 0.1) is 10.6 Å². The van der Waals surface area contributed by atoms with Crippen LogP contribution >= 0.6 is 23.4 Å². The van der Waals surface area contributed by atoms with Crippen molar-refractivity contribution in [1.29, 1.82) is 0 Å². The van der Waals surface area contributed by atoms with E-state index in [-0.39, 0.29) is 5.91 Å². The number of amides is 1. The van der Waals surface area contributed by atoms with Gasteiger partial charge in [-0.2, -0.15) is 0 Å². The van der Waals surface area contributed by atoms with Crippen molar-refractivity contribution in [2.24, 2.45) is 11.7 Å². The van der Waals surface area contributed by atoms with Crippen LogP contribution in [0, 0.1) is 5.92 Å². The summed E-state index contributed by atoms with van der Waals surface area (Å²) in [6.07, 6.45) is 5.14. The van der Waals surface area contributed by atoms with Gasteiger partial charge in [0.2, 0.25) is 0 Å². The lowest BCUT2D eigenvalue weighted by Gasteiger charge is -2.32.